The second-order valence-corrected chi connectivity index (χ2v) is 5.76. The molecule has 0 aliphatic heterocycles. The number of hydrogen-bond donors (Lipinski definition) is 0. The molecule has 0 spiro atoms. The van der Waals surface area contributed by atoms with Crippen molar-refractivity contribution in [2.24, 2.45) is 0 Å². The van der Waals surface area contributed by atoms with Gasteiger partial charge in [-0.3, -0.25) is 4.79 Å². The van der Waals surface area contributed by atoms with Crippen LogP contribution in [0.4, 0.5) is 5.69 Å². The molecule has 0 heterocycles. The highest BCUT2D eigenvalue weighted by molar-refractivity contribution is 5.94. The summed E-state index contributed by atoms with van der Waals surface area (Å²) in [6, 6.07) is 16.4. The molecule has 1 amide bonds. The molecule has 1 unspecified atom stereocenters. The van der Waals surface area contributed by atoms with Crippen LogP contribution < -0.4 is 4.90 Å². The highest BCUT2D eigenvalue weighted by atomic mass is 16.2. The van der Waals surface area contributed by atoms with Crippen LogP contribution in [-0.4, -0.2) is 13.0 Å². The number of amides is 1. The fourth-order valence-corrected chi connectivity index (χ4v) is 2.51. The third-order valence-electron chi connectivity index (χ3n) is 3.95. The van der Waals surface area contributed by atoms with E-state index < -0.39 is 0 Å². The molecule has 2 aromatic rings. The Morgan fingerprint density at radius 3 is 2.43 bits per heavy atom. The van der Waals surface area contributed by atoms with Crippen molar-refractivity contribution in [1.82, 2.24) is 0 Å². The monoisotopic (exact) mass is 281 g/mol. The lowest BCUT2D eigenvalue weighted by molar-refractivity contribution is -0.118. The van der Waals surface area contributed by atoms with E-state index in [9.17, 15) is 4.79 Å². The van der Waals surface area contributed by atoms with Crippen LogP contribution in [-0.2, 0) is 4.79 Å². The molecule has 2 rings (SSSR count). The lowest BCUT2D eigenvalue weighted by atomic mass is 9.97. The summed E-state index contributed by atoms with van der Waals surface area (Å²) >= 11 is 0. The Labute approximate surface area is 127 Å². The van der Waals surface area contributed by atoms with Gasteiger partial charge in [0.05, 0.1) is 0 Å². The molecule has 0 saturated heterocycles. The van der Waals surface area contributed by atoms with Crippen molar-refractivity contribution in [2.45, 2.75) is 33.1 Å². The van der Waals surface area contributed by atoms with Crippen LogP contribution in [0.25, 0.3) is 0 Å². The molecule has 0 aliphatic carbocycles. The molecule has 2 heteroatoms. The lowest BCUT2D eigenvalue weighted by Gasteiger charge is -2.22. The van der Waals surface area contributed by atoms with Gasteiger partial charge in [-0.25, -0.2) is 0 Å². The van der Waals surface area contributed by atoms with E-state index in [1.165, 1.54) is 11.1 Å². The van der Waals surface area contributed by atoms with Crippen molar-refractivity contribution in [2.75, 3.05) is 11.9 Å². The predicted molar refractivity (Wildman–Crippen MR) is 88.8 cm³/mol. The molecular weight excluding hydrogens is 258 g/mol. The topological polar surface area (TPSA) is 20.3 Å². The third-order valence-corrected chi connectivity index (χ3v) is 3.95. The largest absolute Gasteiger partial charge is 0.315 e. The average Bonchev–Trinajstić information content (AvgIpc) is 2.49. The van der Waals surface area contributed by atoms with Crippen LogP contribution in [0.3, 0.4) is 0 Å². The van der Waals surface area contributed by atoms with Crippen molar-refractivity contribution >= 4 is 11.6 Å². The molecule has 0 radical (unpaired) electrons. The molecule has 0 N–H and O–H groups in total. The zero-order valence-corrected chi connectivity index (χ0v) is 13.3. The number of anilines is 1. The molecule has 0 bridgehead atoms. The van der Waals surface area contributed by atoms with Gasteiger partial charge >= 0.3 is 0 Å². The minimum absolute atomic E-state index is 0.153. The zero-order valence-electron chi connectivity index (χ0n) is 13.3. The summed E-state index contributed by atoms with van der Waals surface area (Å²) in [5.41, 5.74) is 4.51. The number of aryl methyl sites for hydroxylation is 2. The van der Waals surface area contributed by atoms with Gasteiger partial charge in [0.15, 0.2) is 0 Å². The number of carbonyl (C=O) groups excluding carboxylic acids is 1. The van der Waals surface area contributed by atoms with Crippen LogP contribution >= 0.6 is 0 Å². The van der Waals surface area contributed by atoms with Gasteiger partial charge in [0.1, 0.15) is 0 Å². The minimum Gasteiger partial charge on any atom is -0.315 e. The number of nitrogens with zero attached hydrogens (tertiary/aromatic N) is 1. The Hall–Kier alpha value is -2.09. The van der Waals surface area contributed by atoms with Gasteiger partial charge in [-0.15, -0.1) is 0 Å². The van der Waals surface area contributed by atoms with Crippen LogP contribution in [0.1, 0.15) is 36.0 Å². The molecule has 2 aromatic carbocycles. The Bertz CT molecular complexity index is 619. The van der Waals surface area contributed by atoms with Gasteiger partial charge in [0.2, 0.25) is 5.91 Å². The standard InChI is InChI=1S/C19H23NO/c1-14-10-11-15(2)18(12-14)20(4)19(21)13-16(3)17-8-6-5-7-9-17/h5-12,16H,13H2,1-4H3. The summed E-state index contributed by atoms with van der Waals surface area (Å²) in [5.74, 6) is 0.381. The molecule has 0 saturated carbocycles. The van der Waals surface area contributed by atoms with E-state index in [-0.39, 0.29) is 11.8 Å². The highest BCUT2D eigenvalue weighted by Gasteiger charge is 2.17. The summed E-state index contributed by atoms with van der Waals surface area (Å²) in [4.78, 5) is 14.3. The first-order valence-electron chi connectivity index (χ1n) is 7.38. The second-order valence-electron chi connectivity index (χ2n) is 5.76. The normalized spacial score (nSPS) is 12.0. The number of rotatable bonds is 4. The fourth-order valence-electron chi connectivity index (χ4n) is 2.51. The predicted octanol–water partition coefficient (Wildman–Crippen LogP) is 4.46. The van der Waals surface area contributed by atoms with Crippen molar-refractivity contribution in [3.05, 3.63) is 65.2 Å². The molecule has 1 atom stereocenters. The first kappa shape index (κ1) is 15.3. The molecule has 2 nitrogen and oxygen atoms in total. The van der Waals surface area contributed by atoms with Gasteiger partial charge in [-0.2, -0.15) is 0 Å². The summed E-state index contributed by atoms with van der Waals surface area (Å²) < 4.78 is 0. The van der Waals surface area contributed by atoms with E-state index in [4.69, 9.17) is 0 Å². The number of carbonyl (C=O) groups is 1. The Balaban J connectivity index is 2.11. The molecular formula is C19H23NO. The zero-order chi connectivity index (χ0) is 15.4. The van der Waals surface area contributed by atoms with Gasteiger partial charge in [0, 0.05) is 19.2 Å². The summed E-state index contributed by atoms with van der Waals surface area (Å²) in [6.07, 6.45) is 0.522. The van der Waals surface area contributed by atoms with Crippen LogP contribution in [0.15, 0.2) is 48.5 Å². The molecule has 21 heavy (non-hydrogen) atoms. The fraction of sp³-hybridized carbons (Fsp3) is 0.316. The first-order chi connectivity index (χ1) is 9.99. The van der Waals surface area contributed by atoms with E-state index in [0.717, 1.165) is 11.3 Å². The summed E-state index contributed by atoms with van der Waals surface area (Å²) in [5, 5.41) is 0. The summed E-state index contributed by atoms with van der Waals surface area (Å²) in [6.45, 7) is 6.19. The van der Waals surface area contributed by atoms with Crippen LogP contribution in [0.2, 0.25) is 0 Å². The van der Waals surface area contributed by atoms with E-state index in [1.807, 2.05) is 39.1 Å². The Kier molecular flexibility index (Phi) is 4.79. The smallest absolute Gasteiger partial charge is 0.227 e. The van der Waals surface area contributed by atoms with Crippen molar-refractivity contribution in [3.8, 4) is 0 Å². The SMILES string of the molecule is Cc1ccc(C)c(N(C)C(=O)CC(C)c2ccccc2)c1. The summed E-state index contributed by atoms with van der Waals surface area (Å²) in [7, 11) is 1.86. The Morgan fingerprint density at radius 1 is 1.10 bits per heavy atom. The van der Waals surface area contributed by atoms with Gasteiger partial charge < -0.3 is 4.90 Å². The highest BCUT2D eigenvalue weighted by Crippen LogP contribution is 2.24. The molecule has 0 fully saturated rings. The maximum atomic E-state index is 12.5. The van der Waals surface area contributed by atoms with Crippen molar-refractivity contribution in [1.29, 1.82) is 0 Å². The van der Waals surface area contributed by atoms with E-state index in [0.29, 0.717) is 6.42 Å². The van der Waals surface area contributed by atoms with Crippen molar-refractivity contribution < 1.29 is 4.79 Å². The van der Waals surface area contributed by atoms with Gasteiger partial charge in [-0.05, 0) is 42.5 Å². The molecule has 0 aliphatic rings. The van der Waals surface area contributed by atoms with E-state index in [1.54, 1.807) is 4.90 Å². The van der Waals surface area contributed by atoms with E-state index in [2.05, 4.69) is 37.3 Å². The molecule has 0 aromatic heterocycles. The van der Waals surface area contributed by atoms with Crippen molar-refractivity contribution in [3.63, 3.8) is 0 Å². The average molecular weight is 281 g/mol. The first-order valence-corrected chi connectivity index (χ1v) is 7.38. The maximum Gasteiger partial charge on any atom is 0.227 e. The third kappa shape index (κ3) is 3.72. The molecule has 110 valence electrons. The van der Waals surface area contributed by atoms with Crippen LogP contribution in [0.5, 0.6) is 0 Å². The van der Waals surface area contributed by atoms with Gasteiger partial charge in [-0.1, -0.05) is 49.4 Å². The minimum atomic E-state index is 0.153. The van der Waals surface area contributed by atoms with Crippen LogP contribution in [0, 0.1) is 13.8 Å². The number of benzene rings is 2. The van der Waals surface area contributed by atoms with E-state index >= 15 is 0 Å². The quantitative estimate of drug-likeness (QED) is 0.810. The maximum absolute atomic E-state index is 12.5. The lowest BCUT2D eigenvalue weighted by Crippen LogP contribution is -2.28. The number of hydrogen-bond acceptors (Lipinski definition) is 1. The second kappa shape index (κ2) is 6.57. The van der Waals surface area contributed by atoms with Gasteiger partial charge in [0.25, 0.3) is 0 Å². The Morgan fingerprint density at radius 2 is 1.76 bits per heavy atom.